The maximum absolute atomic E-state index is 6.05. The molecule has 0 amide bonds. The summed E-state index contributed by atoms with van der Waals surface area (Å²) in [5, 5.41) is 0. The van der Waals surface area contributed by atoms with Crippen LogP contribution in [-0.2, 0) is 6.42 Å². The van der Waals surface area contributed by atoms with Crippen molar-refractivity contribution in [2.24, 2.45) is 0 Å². The third kappa shape index (κ3) is 9.80. The van der Waals surface area contributed by atoms with Crippen molar-refractivity contribution in [3.05, 3.63) is 60.2 Å². The molecule has 1 nitrogen and oxygen atoms in total. The normalized spacial score (nSPS) is 10.3. The molecule has 0 aliphatic heterocycles. The average molecular weight is 363 g/mol. The first-order valence-electron chi connectivity index (χ1n) is 10.2. The summed E-state index contributed by atoms with van der Waals surface area (Å²) in [6, 6.07) is 18.5. The van der Waals surface area contributed by atoms with Crippen molar-refractivity contribution < 1.29 is 4.74 Å². The molecule has 26 heavy (non-hydrogen) atoms. The van der Waals surface area contributed by atoms with Crippen molar-refractivity contribution in [2.45, 2.75) is 77.6 Å². The number of aryl methyl sites for hydroxylation is 1. The van der Waals surface area contributed by atoms with Gasteiger partial charge in [-0.2, -0.15) is 0 Å². The number of ether oxygens (including phenoxy) is 1. The molecule has 0 aliphatic rings. The quantitative estimate of drug-likeness (QED) is 0.268. The van der Waals surface area contributed by atoms with Gasteiger partial charge in [-0.25, -0.2) is 0 Å². The SMILES string of the molecule is CCCCCCCCCCCCc1ccccc1Oc1ccccc1.[NaH]. The summed E-state index contributed by atoms with van der Waals surface area (Å²) in [5.74, 6) is 1.92. The summed E-state index contributed by atoms with van der Waals surface area (Å²) >= 11 is 0. The van der Waals surface area contributed by atoms with Crippen molar-refractivity contribution in [3.8, 4) is 11.5 Å². The Kier molecular flexibility index (Phi) is 13.7. The molecule has 0 fully saturated rings. The van der Waals surface area contributed by atoms with E-state index in [2.05, 4.69) is 31.2 Å². The van der Waals surface area contributed by atoms with Crippen molar-refractivity contribution in [2.75, 3.05) is 0 Å². The summed E-state index contributed by atoms with van der Waals surface area (Å²) in [5.41, 5.74) is 1.32. The fraction of sp³-hybridized carbons (Fsp3) is 0.500. The van der Waals surface area contributed by atoms with E-state index in [0.717, 1.165) is 17.9 Å². The van der Waals surface area contributed by atoms with Gasteiger partial charge in [-0.3, -0.25) is 0 Å². The van der Waals surface area contributed by atoms with Crippen molar-refractivity contribution in [1.29, 1.82) is 0 Å². The first kappa shape index (κ1) is 23.3. The van der Waals surface area contributed by atoms with E-state index < -0.39 is 0 Å². The van der Waals surface area contributed by atoms with Gasteiger partial charge in [0.2, 0.25) is 0 Å². The number of unbranched alkanes of at least 4 members (excludes halogenated alkanes) is 9. The Morgan fingerprint density at radius 3 is 1.81 bits per heavy atom. The van der Waals surface area contributed by atoms with Crippen molar-refractivity contribution in [3.63, 3.8) is 0 Å². The molecule has 0 unspecified atom stereocenters. The van der Waals surface area contributed by atoms with Crippen molar-refractivity contribution >= 4 is 29.6 Å². The Morgan fingerprint density at radius 1 is 0.615 bits per heavy atom. The molecule has 2 aromatic rings. The minimum absolute atomic E-state index is 0. The molecule has 2 rings (SSSR count). The third-order valence-corrected chi connectivity index (χ3v) is 4.74. The van der Waals surface area contributed by atoms with Gasteiger partial charge in [-0.05, 0) is 36.6 Å². The summed E-state index contributed by atoms with van der Waals surface area (Å²) in [7, 11) is 0. The minimum atomic E-state index is 0. The Hall–Kier alpha value is -0.760. The van der Waals surface area contributed by atoms with E-state index in [1.807, 2.05) is 30.3 Å². The van der Waals surface area contributed by atoms with Crippen LogP contribution in [0.5, 0.6) is 11.5 Å². The second-order valence-corrected chi connectivity index (χ2v) is 6.95. The molecule has 0 bridgehead atoms. The number of benzene rings is 2. The Labute approximate surface area is 182 Å². The van der Waals surface area contributed by atoms with E-state index in [1.165, 1.54) is 69.8 Å². The van der Waals surface area contributed by atoms with Gasteiger partial charge in [-0.15, -0.1) is 0 Å². The third-order valence-electron chi connectivity index (χ3n) is 4.74. The van der Waals surface area contributed by atoms with Crippen molar-refractivity contribution in [1.82, 2.24) is 0 Å². The Balaban J connectivity index is 0.00000338. The van der Waals surface area contributed by atoms with Crippen LogP contribution in [-0.4, -0.2) is 29.6 Å². The summed E-state index contributed by atoms with van der Waals surface area (Å²) in [6.07, 6.45) is 14.9. The molecule has 0 saturated carbocycles. The predicted molar refractivity (Wildman–Crippen MR) is 116 cm³/mol. The zero-order valence-corrected chi connectivity index (χ0v) is 15.9. The topological polar surface area (TPSA) is 9.23 Å². The first-order chi connectivity index (χ1) is 12.4. The molecule has 0 atom stereocenters. The van der Waals surface area contributed by atoms with Crippen LogP contribution in [0, 0.1) is 0 Å². The fourth-order valence-electron chi connectivity index (χ4n) is 3.23. The molecular weight excluding hydrogens is 327 g/mol. The summed E-state index contributed by atoms with van der Waals surface area (Å²) in [6.45, 7) is 2.28. The Bertz CT molecular complexity index is 567. The van der Waals surface area contributed by atoms with E-state index in [1.54, 1.807) is 0 Å². The maximum atomic E-state index is 6.05. The van der Waals surface area contributed by atoms with Gasteiger partial charge in [0.15, 0.2) is 0 Å². The number of para-hydroxylation sites is 2. The summed E-state index contributed by atoms with van der Waals surface area (Å²) < 4.78 is 6.05. The first-order valence-corrected chi connectivity index (χ1v) is 10.2. The van der Waals surface area contributed by atoms with Gasteiger partial charge in [0, 0.05) is 0 Å². The van der Waals surface area contributed by atoms with Gasteiger partial charge in [0.05, 0.1) is 0 Å². The molecule has 2 aromatic carbocycles. The second-order valence-electron chi connectivity index (χ2n) is 6.95. The van der Waals surface area contributed by atoms with Gasteiger partial charge >= 0.3 is 29.6 Å². The van der Waals surface area contributed by atoms with E-state index in [0.29, 0.717) is 0 Å². The van der Waals surface area contributed by atoms with Gasteiger partial charge in [-0.1, -0.05) is 101 Å². The molecule has 0 spiro atoms. The zero-order chi connectivity index (χ0) is 17.6. The fourth-order valence-corrected chi connectivity index (χ4v) is 3.23. The van der Waals surface area contributed by atoms with Gasteiger partial charge in [0.25, 0.3) is 0 Å². The molecule has 138 valence electrons. The van der Waals surface area contributed by atoms with E-state index >= 15 is 0 Å². The second kappa shape index (κ2) is 15.3. The number of hydrogen-bond donors (Lipinski definition) is 0. The van der Waals surface area contributed by atoms with Crippen LogP contribution in [0.1, 0.15) is 76.7 Å². The molecule has 0 aliphatic carbocycles. The molecule has 0 N–H and O–H groups in total. The molecule has 0 heterocycles. The van der Waals surface area contributed by atoms with Crippen LogP contribution in [0.4, 0.5) is 0 Å². The predicted octanol–water partition coefficient (Wildman–Crippen LogP) is 7.29. The molecule has 0 aromatic heterocycles. The van der Waals surface area contributed by atoms with Gasteiger partial charge in [0.1, 0.15) is 11.5 Å². The Morgan fingerprint density at radius 2 is 1.15 bits per heavy atom. The molecule has 0 radical (unpaired) electrons. The molecular formula is C24H35NaO. The average Bonchev–Trinajstić information content (AvgIpc) is 2.65. The van der Waals surface area contributed by atoms with Crippen LogP contribution in [0.2, 0.25) is 0 Å². The van der Waals surface area contributed by atoms with Crippen LogP contribution >= 0.6 is 0 Å². The molecule has 0 saturated heterocycles. The zero-order valence-electron chi connectivity index (χ0n) is 15.9. The molecule has 2 heteroatoms. The van der Waals surface area contributed by atoms with Crippen LogP contribution in [0.25, 0.3) is 0 Å². The van der Waals surface area contributed by atoms with Gasteiger partial charge < -0.3 is 4.74 Å². The monoisotopic (exact) mass is 362 g/mol. The van der Waals surface area contributed by atoms with E-state index in [9.17, 15) is 0 Å². The van der Waals surface area contributed by atoms with E-state index in [-0.39, 0.29) is 29.6 Å². The number of hydrogen-bond acceptors (Lipinski definition) is 1. The standard InChI is InChI=1S/C24H34O.Na.H/c1-2-3-4-5-6-7-8-9-10-12-17-22-18-15-16-21-24(22)25-23-19-13-11-14-20-23;;/h11,13-16,18-21H,2-10,12,17H2,1H3;;. The van der Waals surface area contributed by atoms with E-state index in [4.69, 9.17) is 4.74 Å². The van der Waals surface area contributed by atoms with Crippen LogP contribution < -0.4 is 4.74 Å². The van der Waals surface area contributed by atoms with Crippen LogP contribution in [0.3, 0.4) is 0 Å². The van der Waals surface area contributed by atoms with Crippen LogP contribution in [0.15, 0.2) is 54.6 Å². The summed E-state index contributed by atoms with van der Waals surface area (Å²) in [4.78, 5) is 0. The number of rotatable bonds is 13.